The number of hydrogen-bond acceptors (Lipinski definition) is 14. The van der Waals surface area contributed by atoms with Crippen molar-refractivity contribution >= 4 is 0 Å². The number of aliphatic hydroxyl groups excluding tert-OH is 14. The quantitative estimate of drug-likeness (QED) is 0.134. The second-order valence-corrected chi connectivity index (χ2v) is 6.11. The van der Waals surface area contributed by atoms with Crippen LogP contribution in [0.4, 0.5) is 0 Å². The largest absolute Gasteiger partial charge is 0.396 e. The molecule has 0 aromatic rings. The Kier molecular flexibility index (Phi) is 22.1. The Hall–Kier alpha value is -0.560. The van der Waals surface area contributed by atoms with Crippen molar-refractivity contribution in [3.8, 4) is 0 Å². The normalized spacial score (nSPS) is 17.6. The maximum absolute atomic E-state index is 8.96. The van der Waals surface area contributed by atoms with Gasteiger partial charge in [0.1, 0.15) is 36.6 Å². The molecule has 0 aromatic heterocycles. The monoisotopic (exact) mass is 440 g/mol. The van der Waals surface area contributed by atoms with Crippen LogP contribution in [0.15, 0.2) is 0 Å². The fraction of sp³-hybridized carbons (Fsp3) is 1.00. The molecule has 0 saturated heterocycles. The van der Waals surface area contributed by atoms with Gasteiger partial charge in [-0.25, -0.2) is 0 Å². The van der Waals surface area contributed by atoms with Gasteiger partial charge < -0.3 is 71.5 Å². The molecule has 0 radical (unpaired) electrons. The summed E-state index contributed by atoms with van der Waals surface area (Å²) in [5.41, 5.74) is -1.11. The molecule has 0 aliphatic heterocycles. The van der Waals surface area contributed by atoms with Crippen LogP contribution in [-0.2, 0) is 0 Å². The summed E-state index contributed by atoms with van der Waals surface area (Å²) in [6.07, 6.45) is -8.84. The molecule has 0 bridgehead atoms. The summed E-state index contributed by atoms with van der Waals surface area (Å²) in [4.78, 5) is 0. The van der Waals surface area contributed by atoms with Crippen LogP contribution < -0.4 is 0 Å². The molecule has 0 aromatic carbocycles. The van der Waals surface area contributed by atoms with Gasteiger partial charge in [0.2, 0.25) is 0 Å². The first-order valence-electron chi connectivity index (χ1n) is 8.46. The minimum Gasteiger partial charge on any atom is -0.396 e. The summed E-state index contributed by atoms with van der Waals surface area (Å²) in [7, 11) is 0. The molecule has 14 N–H and O–H groups in total. The molecule has 0 aliphatic carbocycles. The Morgan fingerprint density at radius 2 is 0.586 bits per heavy atom. The zero-order valence-corrected chi connectivity index (χ0v) is 15.9. The zero-order valence-electron chi connectivity index (χ0n) is 15.9. The van der Waals surface area contributed by atoms with E-state index in [1.165, 1.54) is 0 Å². The van der Waals surface area contributed by atoms with E-state index in [1.807, 2.05) is 0 Å². The molecule has 0 fully saturated rings. The lowest BCUT2D eigenvalue weighted by Gasteiger charge is -2.24. The van der Waals surface area contributed by atoms with E-state index in [-0.39, 0.29) is 0 Å². The van der Waals surface area contributed by atoms with Crippen molar-refractivity contribution < 1.29 is 71.5 Å². The summed E-state index contributed by atoms with van der Waals surface area (Å²) in [5, 5.41) is 119. The van der Waals surface area contributed by atoms with Crippen molar-refractivity contribution in [3.05, 3.63) is 0 Å². The van der Waals surface area contributed by atoms with E-state index in [0.717, 1.165) is 0 Å². The third-order valence-electron chi connectivity index (χ3n) is 3.67. The highest BCUT2D eigenvalue weighted by Crippen LogP contribution is 2.11. The van der Waals surface area contributed by atoms with Crippen LogP contribution in [0.3, 0.4) is 0 Å². The molecule has 0 spiro atoms. The fourth-order valence-electron chi connectivity index (χ4n) is 1.21. The molecule has 2 unspecified atom stereocenters. The lowest BCUT2D eigenvalue weighted by molar-refractivity contribution is -0.123. The van der Waals surface area contributed by atoms with Gasteiger partial charge in [0.05, 0.1) is 58.3 Å². The maximum Gasteiger partial charge on any atom is 0.111 e. The van der Waals surface area contributed by atoms with Crippen molar-refractivity contribution in [1.29, 1.82) is 0 Å². The number of rotatable bonds is 12. The van der Waals surface area contributed by atoms with Crippen molar-refractivity contribution in [3.63, 3.8) is 0 Å². The molecule has 180 valence electrons. The molecule has 14 nitrogen and oxygen atoms in total. The van der Waals surface area contributed by atoms with E-state index in [1.54, 1.807) is 0 Å². The number of aliphatic hydroxyl groups is 14. The first-order valence-corrected chi connectivity index (χ1v) is 8.46. The topological polar surface area (TPSA) is 283 Å². The minimum atomic E-state index is -1.67. The van der Waals surface area contributed by atoms with Crippen LogP contribution in [0, 0.1) is 5.41 Å². The van der Waals surface area contributed by atoms with Crippen molar-refractivity contribution in [2.75, 3.05) is 52.9 Å². The van der Waals surface area contributed by atoms with E-state index in [0.29, 0.717) is 0 Å². The second-order valence-electron chi connectivity index (χ2n) is 6.11. The summed E-state index contributed by atoms with van der Waals surface area (Å²) in [6.45, 7) is -4.13. The molecule has 29 heavy (non-hydrogen) atoms. The van der Waals surface area contributed by atoms with Crippen LogP contribution in [0.2, 0.25) is 0 Å². The first-order chi connectivity index (χ1) is 13.5. The van der Waals surface area contributed by atoms with Crippen molar-refractivity contribution in [2.45, 2.75) is 36.6 Å². The van der Waals surface area contributed by atoms with Gasteiger partial charge in [-0.1, -0.05) is 0 Å². The fourth-order valence-corrected chi connectivity index (χ4v) is 1.21. The SMILES string of the molecule is OCC(CO)(CO)CO.OCC(O)C(O)CO.OC[C@@H](O)[C@@H](O)[C@H](O)[C@@H](O)CO. The van der Waals surface area contributed by atoms with Gasteiger partial charge in [-0.2, -0.15) is 0 Å². The molecule has 0 rings (SSSR count). The van der Waals surface area contributed by atoms with Crippen LogP contribution in [0.1, 0.15) is 0 Å². The van der Waals surface area contributed by atoms with Gasteiger partial charge in [-0.3, -0.25) is 0 Å². The summed E-state index contributed by atoms with van der Waals surface area (Å²) in [6, 6.07) is 0. The van der Waals surface area contributed by atoms with Crippen LogP contribution in [0.25, 0.3) is 0 Å². The Bertz CT molecular complexity index is 303. The molecular formula is C15H36O14. The zero-order chi connectivity index (χ0) is 23.6. The smallest absolute Gasteiger partial charge is 0.111 e. The molecule has 0 amide bonds. The van der Waals surface area contributed by atoms with E-state index >= 15 is 0 Å². The summed E-state index contributed by atoms with van der Waals surface area (Å²) < 4.78 is 0. The van der Waals surface area contributed by atoms with Gasteiger partial charge in [-0.05, 0) is 0 Å². The van der Waals surface area contributed by atoms with Gasteiger partial charge in [0.15, 0.2) is 0 Å². The van der Waals surface area contributed by atoms with E-state index < -0.39 is 94.9 Å². The van der Waals surface area contributed by atoms with Gasteiger partial charge in [-0.15, -0.1) is 0 Å². The van der Waals surface area contributed by atoms with Crippen molar-refractivity contribution in [2.24, 2.45) is 5.41 Å². The Morgan fingerprint density at radius 1 is 0.379 bits per heavy atom. The molecular weight excluding hydrogens is 404 g/mol. The van der Waals surface area contributed by atoms with E-state index in [2.05, 4.69) is 0 Å². The van der Waals surface area contributed by atoms with E-state index in [9.17, 15) is 0 Å². The summed E-state index contributed by atoms with van der Waals surface area (Å²) >= 11 is 0. The van der Waals surface area contributed by atoms with Gasteiger partial charge in [0, 0.05) is 0 Å². The van der Waals surface area contributed by atoms with Crippen LogP contribution >= 0.6 is 0 Å². The Labute approximate surface area is 167 Å². The average molecular weight is 440 g/mol. The molecule has 0 heterocycles. The second kappa shape index (κ2) is 19.4. The third-order valence-corrected chi connectivity index (χ3v) is 3.67. The van der Waals surface area contributed by atoms with Crippen LogP contribution in [0.5, 0.6) is 0 Å². The Balaban J connectivity index is -0.000000359. The predicted molar refractivity (Wildman–Crippen MR) is 95.2 cm³/mol. The van der Waals surface area contributed by atoms with Gasteiger partial charge >= 0.3 is 0 Å². The highest BCUT2D eigenvalue weighted by atomic mass is 16.4. The van der Waals surface area contributed by atoms with E-state index in [4.69, 9.17) is 71.5 Å². The van der Waals surface area contributed by atoms with Crippen molar-refractivity contribution in [1.82, 2.24) is 0 Å². The lowest BCUT2D eigenvalue weighted by atomic mass is 9.93. The maximum atomic E-state index is 8.96. The molecule has 6 atom stereocenters. The van der Waals surface area contributed by atoms with Crippen LogP contribution in [-0.4, -0.2) is 161 Å². The number of hydrogen-bond donors (Lipinski definition) is 14. The summed E-state index contributed by atoms with van der Waals surface area (Å²) in [5.74, 6) is 0. The van der Waals surface area contributed by atoms with Gasteiger partial charge in [0.25, 0.3) is 0 Å². The predicted octanol–water partition coefficient (Wildman–Crippen LogP) is -7.95. The first kappa shape index (κ1) is 33.1. The lowest BCUT2D eigenvalue weighted by Crippen LogP contribution is -2.46. The highest BCUT2D eigenvalue weighted by molar-refractivity contribution is 4.79. The molecule has 0 saturated carbocycles. The molecule has 0 aliphatic rings. The standard InChI is InChI=1S/C6H14O6.C5H12O4.C4H10O4/c7-1-3(9)5(11)6(12)4(10)2-8;6-1-5(2-7,3-8)4-9;5-1-3(7)4(8)2-6/h3-12H,1-2H2;6-9H,1-4H2;3-8H,1-2H2/t3-,4+,5-,6-;;/m1../s1. The molecule has 14 heteroatoms. The minimum absolute atomic E-state index is 0.406. The third kappa shape index (κ3) is 14.1. The average Bonchev–Trinajstić information content (AvgIpc) is 2.78. The highest BCUT2D eigenvalue weighted by Gasteiger charge is 2.29. The Morgan fingerprint density at radius 3 is 0.690 bits per heavy atom.